The van der Waals surface area contributed by atoms with E-state index in [1.807, 2.05) is 19.9 Å². The SMILES string of the molecule is CCC(=O)Nc1ccc(-c2cc(C3CC3)n(C(=O)NC(C)CC)n2)c(O)c1. The lowest BCUT2D eigenvalue weighted by atomic mass is 10.1. The third-order valence-electron chi connectivity index (χ3n) is 4.79. The van der Waals surface area contributed by atoms with E-state index < -0.39 is 0 Å². The number of rotatable bonds is 6. The van der Waals surface area contributed by atoms with E-state index in [1.165, 1.54) is 10.7 Å². The minimum absolute atomic E-state index is 0.0123. The minimum Gasteiger partial charge on any atom is -0.507 e. The van der Waals surface area contributed by atoms with Gasteiger partial charge in [-0.15, -0.1) is 0 Å². The molecule has 144 valence electrons. The molecule has 1 saturated carbocycles. The van der Waals surface area contributed by atoms with Crippen molar-refractivity contribution in [2.45, 2.75) is 58.4 Å². The first-order valence-corrected chi connectivity index (χ1v) is 9.47. The highest BCUT2D eigenvalue weighted by Gasteiger charge is 2.31. The molecule has 0 aliphatic heterocycles. The highest BCUT2D eigenvalue weighted by Crippen LogP contribution is 2.42. The zero-order chi connectivity index (χ0) is 19.6. The summed E-state index contributed by atoms with van der Waals surface area (Å²) in [6.07, 6.45) is 3.28. The molecule has 3 rings (SSSR count). The number of hydrogen-bond donors (Lipinski definition) is 3. The summed E-state index contributed by atoms with van der Waals surface area (Å²) >= 11 is 0. The van der Waals surface area contributed by atoms with E-state index in [0.29, 0.717) is 29.3 Å². The molecule has 1 unspecified atom stereocenters. The molecule has 7 nitrogen and oxygen atoms in total. The Balaban J connectivity index is 1.90. The number of carbonyl (C=O) groups is 2. The molecule has 0 radical (unpaired) electrons. The van der Waals surface area contributed by atoms with Gasteiger partial charge in [0.2, 0.25) is 5.91 Å². The van der Waals surface area contributed by atoms with Crippen LogP contribution in [0.2, 0.25) is 0 Å². The van der Waals surface area contributed by atoms with Crippen LogP contribution in [0.5, 0.6) is 5.75 Å². The number of benzene rings is 1. The molecule has 1 heterocycles. The Morgan fingerprint density at radius 3 is 2.63 bits per heavy atom. The Bertz CT molecular complexity index is 855. The van der Waals surface area contributed by atoms with Gasteiger partial charge in [-0.25, -0.2) is 4.79 Å². The van der Waals surface area contributed by atoms with E-state index in [1.54, 1.807) is 19.1 Å². The highest BCUT2D eigenvalue weighted by atomic mass is 16.3. The van der Waals surface area contributed by atoms with Crippen LogP contribution in [0.3, 0.4) is 0 Å². The number of nitrogens with one attached hydrogen (secondary N) is 2. The summed E-state index contributed by atoms with van der Waals surface area (Å²) in [5.74, 6) is 0.224. The molecule has 1 aliphatic carbocycles. The van der Waals surface area contributed by atoms with Crippen molar-refractivity contribution < 1.29 is 14.7 Å². The van der Waals surface area contributed by atoms with Crippen molar-refractivity contribution in [3.8, 4) is 17.0 Å². The van der Waals surface area contributed by atoms with E-state index in [-0.39, 0.29) is 23.7 Å². The molecule has 0 bridgehead atoms. The highest BCUT2D eigenvalue weighted by molar-refractivity contribution is 5.91. The maximum Gasteiger partial charge on any atom is 0.342 e. The first kappa shape index (κ1) is 18.9. The molecule has 1 aliphatic rings. The fourth-order valence-corrected chi connectivity index (χ4v) is 2.81. The van der Waals surface area contributed by atoms with Crippen molar-refractivity contribution in [2.75, 3.05) is 5.32 Å². The lowest BCUT2D eigenvalue weighted by molar-refractivity contribution is -0.115. The maximum absolute atomic E-state index is 12.6. The molecule has 2 aromatic rings. The van der Waals surface area contributed by atoms with E-state index in [4.69, 9.17) is 0 Å². The zero-order valence-corrected chi connectivity index (χ0v) is 16.0. The largest absolute Gasteiger partial charge is 0.507 e. The summed E-state index contributed by atoms with van der Waals surface area (Å²) < 4.78 is 1.42. The summed E-state index contributed by atoms with van der Waals surface area (Å²) in [6.45, 7) is 5.73. The van der Waals surface area contributed by atoms with Crippen LogP contribution < -0.4 is 10.6 Å². The molecular weight excluding hydrogens is 344 g/mol. The van der Waals surface area contributed by atoms with Crippen LogP contribution in [0.4, 0.5) is 10.5 Å². The van der Waals surface area contributed by atoms with E-state index in [0.717, 1.165) is 25.0 Å². The lowest BCUT2D eigenvalue weighted by Crippen LogP contribution is -2.36. The Hall–Kier alpha value is -2.83. The van der Waals surface area contributed by atoms with Crippen molar-refractivity contribution in [3.63, 3.8) is 0 Å². The number of anilines is 1. The van der Waals surface area contributed by atoms with Gasteiger partial charge in [0.25, 0.3) is 0 Å². The summed E-state index contributed by atoms with van der Waals surface area (Å²) in [7, 11) is 0. The van der Waals surface area contributed by atoms with E-state index in [9.17, 15) is 14.7 Å². The normalized spacial score (nSPS) is 14.6. The van der Waals surface area contributed by atoms with E-state index in [2.05, 4.69) is 15.7 Å². The fourth-order valence-electron chi connectivity index (χ4n) is 2.81. The van der Waals surface area contributed by atoms with E-state index >= 15 is 0 Å². The molecule has 3 N–H and O–H groups in total. The summed E-state index contributed by atoms with van der Waals surface area (Å²) in [6, 6.07) is 6.61. The number of phenols is 1. The van der Waals surface area contributed by atoms with Crippen molar-refractivity contribution in [1.82, 2.24) is 15.1 Å². The standard InChI is InChI=1S/C20H26N4O3/c1-4-12(3)21-20(27)24-17(13-6-7-13)11-16(23-24)15-9-8-14(10-18(15)25)22-19(26)5-2/h8-13,25H,4-7H2,1-3H3,(H,21,27)(H,22,26). The van der Waals surface area contributed by atoms with Crippen LogP contribution in [0, 0.1) is 0 Å². The third-order valence-corrected chi connectivity index (χ3v) is 4.79. The van der Waals surface area contributed by atoms with Gasteiger partial charge in [-0.2, -0.15) is 9.78 Å². The van der Waals surface area contributed by atoms with Crippen LogP contribution in [0.1, 0.15) is 58.1 Å². The summed E-state index contributed by atoms with van der Waals surface area (Å²) in [5.41, 5.74) is 2.47. The van der Waals surface area contributed by atoms with Crippen LogP contribution in [0.25, 0.3) is 11.3 Å². The predicted octanol–water partition coefficient (Wildman–Crippen LogP) is 3.84. The van der Waals surface area contributed by atoms with Gasteiger partial charge in [0.05, 0.1) is 11.4 Å². The Kier molecular flexibility index (Phi) is 5.48. The molecule has 1 aromatic heterocycles. The monoisotopic (exact) mass is 370 g/mol. The second kappa shape index (κ2) is 7.82. The number of phenolic OH excluding ortho intramolecular Hbond substituents is 1. The van der Waals surface area contributed by atoms with Gasteiger partial charge in [0, 0.05) is 35.7 Å². The van der Waals surface area contributed by atoms with Gasteiger partial charge < -0.3 is 15.7 Å². The predicted molar refractivity (Wildman–Crippen MR) is 104 cm³/mol. The van der Waals surface area contributed by atoms with Crippen LogP contribution >= 0.6 is 0 Å². The number of amides is 2. The topological polar surface area (TPSA) is 96.3 Å². The van der Waals surface area contributed by atoms with Gasteiger partial charge in [-0.1, -0.05) is 13.8 Å². The van der Waals surface area contributed by atoms with Gasteiger partial charge in [-0.05, 0) is 44.4 Å². The first-order valence-electron chi connectivity index (χ1n) is 9.47. The second-order valence-corrected chi connectivity index (χ2v) is 7.03. The zero-order valence-electron chi connectivity index (χ0n) is 16.0. The smallest absolute Gasteiger partial charge is 0.342 e. The number of aromatic nitrogens is 2. The first-order chi connectivity index (χ1) is 12.9. The minimum atomic E-state index is -0.246. The molecule has 0 saturated heterocycles. The Labute approximate surface area is 158 Å². The molecule has 7 heteroatoms. The summed E-state index contributed by atoms with van der Waals surface area (Å²) in [5, 5.41) is 20.5. The molecule has 1 fully saturated rings. The number of aromatic hydroxyl groups is 1. The van der Waals surface area contributed by atoms with Gasteiger partial charge in [0.1, 0.15) is 5.75 Å². The van der Waals surface area contributed by atoms with Crippen molar-refractivity contribution in [1.29, 1.82) is 0 Å². The van der Waals surface area contributed by atoms with Crippen molar-refractivity contribution in [3.05, 3.63) is 30.0 Å². The average Bonchev–Trinajstić information content (AvgIpc) is 3.40. The third kappa shape index (κ3) is 4.30. The molecular formula is C20H26N4O3. The van der Waals surface area contributed by atoms with Gasteiger partial charge in [0.15, 0.2) is 0 Å². The quantitative estimate of drug-likeness (QED) is 0.720. The van der Waals surface area contributed by atoms with Crippen molar-refractivity contribution in [2.24, 2.45) is 0 Å². The number of hydrogen-bond acceptors (Lipinski definition) is 4. The van der Waals surface area contributed by atoms with Crippen molar-refractivity contribution >= 4 is 17.6 Å². The molecule has 0 spiro atoms. The van der Waals surface area contributed by atoms with Gasteiger partial charge >= 0.3 is 6.03 Å². The summed E-state index contributed by atoms with van der Waals surface area (Å²) in [4.78, 5) is 24.1. The lowest BCUT2D eigenvalue weighted by Gasteiger charge is -2.12. The Morgan fingerprint density at radius 2 is 2.04 bits per heavy atom. The van der Waals surface area contributed by atoms with Gasteiger partial charge in [-0.3, -0.25) is 4.79 Å². The average molecular weight is 370 g/mol. The number of nitrogens with zero attached hydrogens (tertiary/aromatic N) is 2. The second-order valence-electron chi connectivity index (χ2n) is 7.03. The maximum atomic E-state index is 12.6. The Morgan fingerprint density at radius 1 is 1.30 bits per heavy atom. The fraction of sp³-hybridized carbons (Fsp3) is 0.450. The molecule has 2 amide bonds. The van der Waals surface area contributed by atoms with Crippen LogP contribution in [0.15, 0.2) is 24.3 Å². The molecule has 1 atom stereocenters. The van der Waals surface area contributed by atoms with Crippen LogP contribution in [-0.4, -0.2) is 32.9 Å². The molecule has 27 heavy (non-hydrogen) atoms. The number of carbonyl (C=O) groups excluding carboxylic acids is 2. The molecule has 1 aromatic carbocycles. The van der Waals surface area contributed by atoms with Crippen LogP contribution in [-0.2, 0) is 4.79 Å².